The Morgan fingerprint density at radius 3 is 2.60 bits per heavy atom. The van der Waals surface area contributed by atoms with Gasteiger partial charge in [0.2, 0.25) is 5.91 Å². The summed E-state index contributed by atoms with van der Waals surface area (Å²) in [5, 5.41) is 2.86. The molecule has 0 bridgehead atoms. The number of para-hydroxylation sites is 1. The predicted molar refractivity (Wildman–Crippen MR) is 89.0 cm³/mol. The average Bonchev–Trinajstić information content (AvgIpc) is 2.44. The van der Waals surface area contributed by atoms with E-state index in [0.717, 1.165) is 47.8 Å². The molecule has 5 heteroatoms. The molecule has 0 spiro atoms. The molecule has 0 aromatic heterocycles. The topological polar surface area (TPSA) is 46.2 Å². The van der Waals surface area contributed by atoms with Gasteiger partial charge in [-0.15, -0.1) is 12.6 Å². The summed E-state index contributed by atoms with van der Waals surface area (Å²) in [4.78, 5) is 12.5. The van der Waals surface area contributed by atoms with E-state index in [9.17, 15) is 9.00 Å². The van der Waals surface area contributed by atoms with Crippen molar-refractivity contribution in [3.63, 3.8) is 0 Å². The molecule has 0 saturated heterocycles. The zero-order valence-corrected chi connectivity index (χ0v) is 13.6. The van der Waals surface area contributed by atoms with Crippen molar-refractivity contribution < 1.29 is 9.00 Å². The Labute approximate surface area is 129 Å². The minimum atomic E-state index is -0.658. The van der Waals surface area contributed by atoms with Crippen molar-refractivity contribution in [3.8, 4) is 0 Å². The number of hydrogen-bond donors (Lipinski definition) is 2. The van der Waals surface area contributed by atoms with Crippen LogP contribution in [0.2, 0.25) is 0 Å². The molecule has 0 radical (unpaired) electrons. The summed E-state index contributed by atoms with van der Waals surface area (Å²) in [7, 11) is -0.658. The summed E-state index contributed by atoms with van der Waals surface area (Å²) in [6, 6.07) is 7.47. The number of benzene rings is 1. The number of thiol groups is 1. The fraction of sp³-hybridized carbons (Fsp3) is 0.533. The number of carbonyl (C=O) groups excluding carboxylic acids is 1. The zero-order valence-electron chi connectivity index (χ0n) is 11.9. The van der Waals surface area contributed by atoms with Gasteiger partial charge in [0, 0.05) is 33.6 Å². The first-order valence-electron chi connectivity index (χ1n) is 7.06. The molecule has 1 aromatic carbocycles. The molecular weight excluding hydrogens is 290 g/mol. The lowest BCUT2D eigenvalue weighted by atomic mass is 10.1. The molecule has 1 amide bonds. The molecule has 1 atom stereocenters. The standard InChI is InChI=1S/C15H23NO2S2/c1-2-20(18)12-8-4-3-5-11-15(17)16-13-9-6-7-10-14(13)19/h6-7,9-10,19H,2-5,8,11-12H2,1H3,(H,16,17). The van der Waals surface area contributed by atoms with Crippen molar-refractivity contribution in [2.45, 2.75) is 43.9 Å². The van der Waals surface area contributed by atoms with Crippen LogP contribution in [0.3, 0.4) is 0 Å². The van der Waals surface area contributed by atoms with Crippen molar-refractivity contribution >= 4 is 35.0 Å². The maximum absolute atomic E-state index is 11.8. The van der Waals surface area contributed by atoms with Crippen molar-refractivity contribution in [2.75, 3.05) is 16.8 Å². The third-order valence-electron chi connectivity index (χ3n) is 3.03. The summed E-state index contributed by atoms with van der Waals surface area (Å²) >= 11 is 4.29. The SMILES string of the molecule is CCS(=O)CCCCCCC(=O)Nc1ccccc1S. The average molecular weight is 313 g/mol. The van der Waals surface area contributed by atoms with E-state index in [1.165, 1.54) is 0 Å². The molecule has 0 aliphatic rings. The third kappa shape index (κ3) is 7.10. The Morgan fingerprint density at radius 1 is 1.20 bits per heavy atom. The van der Waals surface area contributed by atoms with Crippen LogP contribution in [0.1, 0.15) is 39.0 Å². The van der Waals surface area contributed by atoms with Crippen LogP contribution in [0.15, 0.2) is 29.2 Å². The highest BCUT2D eigenvalue weighted by atomic mass is 32.2. The van der Waals surface area contributed by atoms with Gasteiger partial charge >= 0.3 is 0 Å². The van der Waals surface area contributed by atoms with Gasteiger partial charge in [-0.1, -0.05) is 31.9 Å². The molecule has 0 aliphatic carbocycles. The molecule has 112 valence electrons. The van der Waals surface area contributed by atoms with Crippen molar-refractivity contribution in [1.82, 2.24) is 0 Å². The molecule has 1 rings (SSSR count). The first-order chi connectivity index (χ1) is 9.63. The second-order valence-corrected chi connectivity index (χ2v) is 7.01. The second kappa shape index (κ2) is 10.00. The van der Waals surface area contributed by atoms with Crippen LogP contribution in [-0.2, 0) is 15.6 Å². The van der Waals surface area contributed by atoms with E-state index >= 15 is 0 Å². The zero-order chi connectivity index (χ0) is 14.8. The van der Waals surface area contributed by atoms with Gasteiger partial charge in [0.25, 0.3) is 0 Å². The maximum atomic E-state index is 11.8. The highest BCUT2D eigenvalue weighted by Gasteiger charge is 2.04. The Hall–Kier alpha value is -0.810. The van der Waals surface area contributed by atoms with Crippen molar-refractivity contribution in [3.05, 3.63) is 24.3 Å². The Morgan fingerprint density at radius 2 is 1.90 bits per heavy atom. The van der Waals surface area contributed by atoms with Crippen LogP contribution in [-0.4, -0.2) is 21.6 Å². The number of rotatable bonds is 9. The fourth-order valence-electron chi connectivity index (χ4n) is 1.84. The quantitative estimate of drug-likeness (QED) is 0.540. The first-order valence-corrected chi connectivity index (χ1v) is 9.00. The first kappa shape index (κ1) is 17.2. The Kier molecular flexibility index (Phi) is 8.62. The molecule has 1 aromatic rings. The van der Waals surface area contributed by atoms with Gasteiger partial charge in [-0.25, -0.2) is 0 Å². The molecule has 3 nitrogen and oxygen atoms in total. The molecule has 0 aliphatic heterocycles. The maximum Gasteiger partial charge on any atom is 0.224 e. The number of nitrogens with one attached hydrogen (secondary N) is 1. The van der Waals surface area contributed by atoms with Crippen LogP contribution in [0.25, 0.3) is 0 Å². The van der Waals surface area contributed by atoms with Gasteiger partial charge < -0.3 is 5.32 Å². The molecular formula is C15H23NO2S2. The number of carbonyl (C=O) groups is 1. The van der Waals surface area contributed by atoms with Gasteiger partial charge in [-0.05, 0) is 25.0 Å². The normalized spacial score (nSPS) is 12.1. The lowest BCUT2D eigenvalue weighted by Gasteiger charge is -2.07. The minimum Gasteiger partial charge on any atom is -0.325 e. The molecule has 0 saturated carbocycles. The molecule has 20 heavy (non-hydrogen) atoms. The van der Waals surface area contributed by atoms with E-state index in [1.54, 1.807) is 0 Å². The van der Waals surface area contributed by atoms with Gasteiger partial charge in [0.15, 0.2) is 0 Å². The third-order valence-corrected chi connectivity index (χ3v) is 4.80. The molecule has 1 unspecified atom stereocenters. The van der Waals surface area contributed by atoms with Crippen molar-refractivity contribution in [2.24, 2.45) is 0 Å². The van der Waals surface area contributed by atoms with Gasteiger partial charge in [0.05, 0.1) is 5.69 Å². The molecule has 0 fully saturated rings. The summed E-state index contributed by atoms with van der Waals surface area (Å²) < 4.78 is 11.2. The molecule has 0 heterocycles. The number of unbranched alkanes of at least 4 members (excludes halogenated alkanes) is 3. The van der Waals surface area contributed by atoms with Gasteiger partial charge in [-0.3, -0.25) is 9.00 Å². The lowest BCUT2D eigenvalue weighted by Crippen LogP contribution is -2.11. The highest BCUT2D eigenvalue weighted by molar-refractivity contribution is 7.84. The smallest absolute Gasteiger partial charge is 0.224 e. The van der Waals surface area contributed by atoms with Crippen LogP contribution < -0.4 is 5.32 Å². The van der Waals surface area contributed by atoms with E-state index in [0.29, 0.717) is 6.42 Å². The summed E-state index contributed by atoms with van der Waals surface area (Å²) in [5.74, 6) is 1.56. The monoisotopic (exact) mass is 313 g/mol. The summed E-state index contributed by atoms with van der Waals surface area (Å²) in [5.41, 5.74) is 0.763. The number of anilines is 1. The van der Waals surface area contributed by atoms with Gasteiger partial charge in [-0.2, -0.15) is 0 Å². The highest BCUT2D eigenvalue weighted by Crippen LogP contribution is 2.19. The van der Waals surface area contributed by atoms with Crippen LogP contribution in [0.4, 0.5) is 5.69 Å². The molecule has 1 N–H and O–H groups in total. The summed E-state index contributed by atoms with van der Waals surface area (Å²) in [6.07, 6.45) is 4.44. The Balaban J connectivity index is 2.12. The van der Waals surface area contributed by atoms with E-state index in [4.69, 9.17) is 0 Å². The number of hydrogen-bond acceptors (Lipinski definition) is 3. The van der Waals surface area contributed by atoms with E-state index in [2.05, 4.69) is 17.9 Å². The van der Waals surface area contributed by atoms with Crippen LogP contribution in [0, 0.1) is 0 Å². The van der Waals surface area contributed by atoms with Crippen LogP contribution in [0.5, 0.6) is 0 Å². The lowest BCUT2D eigenvalue weighted by molar-refractivity contribution is -0.116. The van der Waals surface area contributed by atoms with E-state index in [-0.39, 0.29) is 5.91 Å². The van der Waals surface area contributed by atoms with Gasteiger partial charge in [0.1, 0.15) is 0 Å². The predicted octanol–water partition coefficient (Wildman–Crippen LogP) is 3.63. The van der Waals surface area contributed by atoms with E-state index in [1.807, 2.05) is 31.2 Å². The number of amides is 1. The summed E-state index contributed by atoms with van der Waals surface area (Å²) in [6.45, 7) is 1.94. The van der Waals surface area contributed by atoms with E-state index < -0.39 is 10.8 Å². The second-order valence-electron chi connectivity index (χ2n) is 4.66. The largest absolute Gasteiger partial charge is 0.325 e. The minimum absolute atomic E-state index is 0.0311. The fourth-order valence-corrected chi connectivity index (χ4v) is 2.87. The van der Waals surface area contributed by atoms with Crippen LogP contribution >= 0.6 is 12.6 Å². The Bertz CT molecular complexity index is 449. The van der Waals surface area contributed by atoms with Crippen molar-refractivity contribution in [1.29, 1.82) is 0 Å².